The van der Waals surface area contributed by atoms with Crippen molar-refractivity contribution in [1.82, 2.24) is 10.2 Å². The maximum absolute atomic E-state index is 5.95. The summed E-state index contributed by atoms with van der Waals surface area (Å²) in [5.74, 6) is 1.50. The minimum atomic E-state index is 0. The summed E-state index contributed by atoms with van der Waals surface area (Å²) >= 11 is 0. The van der Waals surface area contributed by atoms with Crippen molar-refractivity contribution in [2.45, 2.75) is 33.1 Å². The molecule has 0 amide bonds. The van der Waals surface area contributed by atoms with Crippen LogP contribution in [0.3, 0.4) is 0 Å². The Labute approximate surface area is 197 Å². The van der Waals surface area contributed by atoms with Crippen LogP contribution in [0.1, 0.15) is 30.0 Å². The predicted octanol–water partition coefficient (Wildman–Crippen LogP) is 4.46. The molecular weight excluding hydrogens is 489 g/mol. The Balaban J connectivity index is 0.00000320. The lowest BCUT2D eigenvalue weighted by Gasteiger charge is -2.22. The molecule has 1 aliphatic rings. The van der Waals surface area contributed by atoms with E-state index < -0.39 is 0 Å². The van der Waals surface area contributed by atoms with Gasteiger partial charge in [-0.25, -0.2) is 0 Å². The molecule has 3 rings (SSSR count). The molecule has 1 saturated heterocycles. The fourth-order valence-electron chi connectivity index (χ4n) is 3.67. The first-order valence-electron chi connectivity index (χ1n) is 10.5. The van der Waals surface area contributed by atoms with E-state index in [-0.39, 0.29) is 24.0 Å². The normalized spacial score (nSPS) is 16.4. The van der Waals surface area contributed by atoms with Crippen LogP contribution < -0.4 is 5.32 Å². The summed E-state index contributed by atoms with van der Waals surface area (Å²) in [5.41, 5.74) is 3.71. The Morgan fingerprint density at radius 3 is 2.50 bits per heavy atom. The first-order valence-corrected chi connectivity index (χ1v) is 10.5. The van der Waals surface area contributed by atoms with Crippen LogP contribution in [0.15, 0.2) is 59.6 Å². The van der Waals surface area contributed by atoms with Crippen molar-refractivity contribution in [2.75, 3.05) is 33.4 Å². The van der Waals surface area contributed by atoms with Gasteiger partial charge in [0.15, 0.2) is 5.96 Å². The van der Waals surface area contributed by atoms with Gasteiger partial charge >= 0.3 is 0 Å². The third-order valence-electron chi connectivity index (χ3n) is 5.28. The fraction of sp³-hybridized carbons (Fsp3) is 0.458. The van der Waals surface area contributed by atoms with E-state index in [1.54, 1.807) is 0 Å². The van der Waals surface area contributed by atoms with Gasteiger partial charge in [-0.05, 0) is 30.0 Å². The topological polar surface area (TPSA) is 46.1 Å². The molecule has 0 bridgehead atoms. The number of likely N-dealkylation sites (tertiary alicyclic amines) is 1. The summed E-state index contributed by atoms with van der Waals surface area (Å²) in [5, 5.41) is 3.53. The van der Waals surface area contributed by atoms with Gasteiger partial charge in [0.05, 0.1) is 19.8 Å². The molecule has 30 heavy (non-hydrogen) atoms. The van der Waals surface area contributed by atoms with Crippen molar-refractivity contribution >= 4 is 29.9 Å². The molecule has 1 atom stereocenters. The lowest BCUT2D eigenvalue weighted by Crippen LogP contribution is -2.40. The Kier molecular flexibility index (Phi) is 11.2. The minimum Gasteiger partial charge on any atom is -0.377 e. The number of halogens is 1. The molecule has 5 nitrogen and oxygen atoms in total. The molecule has 0 saturated carbocycles. The Morgan fingerprint density at radius 2 is 1.77 bits per heavy atom. The van der Waals surface area contributed by atoms with Gasteiger partial charge in [0.2, 0.25) is 0 Å². The Hall–Kier alpha value is -1.64. The minimum absolute atomic E-state index is 0. The van der Waals surface area contributed by atoms with Crippen molar-refractivity contribution in [3.63, 3.8) is 0 Å². The SMILES string of the molecule is CCOCc1ccccc1CNC(=NC)N1CCC(COCc2ccccc2)C1.I. The molecule has 1 aliphatic heterocycles. The van der Waals surface area contributed by atoms with Crippen LogP contribution in [0.25, 0.3) is 0 Å². The fourth-order valence-corrected chi connectivity index (χ4v) is 3.67. The molecule has 164 valence electrons. The summed E-state index contributed by atoms with van der Waals surface area (Å²) < 4.78 is 11.5. The second-order valence-corrected chi connectivity index (χ2v) is 7.41. The number of aliphatic imine (C=N–C) groups is 1. The summed E-state index contributed by atoms with van der Waals surface area (Å²) in [6, 6.07) is 18.8. The molecule has 1 heterocycles. The lowest BCUT2D eigenvalue weighted by molar-refractivity contribution is 0.0906. The molecule has 6 heteroatoms. The number of hydrogen-bond acceptors (Lipinski definition) is 3. The maximum Gasteiger partial charge on any atom is 0.193 e. The third-order valence-corrected chi connectivity index (χ3v) is 5.28. The smallest absolute Gasteiger partial charge is 0.193 e. The van der Waals surface area contributed by atoms with E-state index in [4.69, 9.17) is 9.47 Å². The monoisotopic (exact) mass is 523 g/mol. The van der Waals surface area contributed by atoms with Crippen LogP contribution in [-0.2, 0) is 29.2 Å². The van der Waals surface area contributed by atoms with Crippen molar-refractivity contribution in [1.29, 1.82) is 0 Å². The molecule has 0 aromatic heterocycles. The number of guanidine groups is 1. The van der Waals surface area contributed by atoms with Gasteiger partial charge < -0.3 is 19.7 Å². The molecule has 0 spiro atoms. The molecule has 0 radical (unpaired) electrons. The van der Waals surface area contributed by atoms with E-state index in [2.05, 4.69) is 63.7 Å². The van der Waals surface area contributed by atoms with Crippen molar-refractivity contribution < 1.29 is 9.47 Å². The van der Waals surface area contributed by atoms with E-state index in [9.17, 15) is 0 Å². The molecule has 1 N–H and O–H groups in total. The number of ether oxygens (including phenoxy) is 2. The standard InChI is InChI=1S/C24H33N3O2.HI/c1-3-28-19-23-12-8-7-11-22(23)15-26-24(25-2)27-14-13-21(16-27)18-29-17-20-9-5-4-6-10-20;/h4-12,21H,3,13-19H2,1-2H3,(H,25,26);1H. The van der Waals surface area contributed by atoms with Crippen LogP contribution in [0.5, 0.6) is 0 Å². The highest BCUT2D eigenvalue weighted by Gasteiger charge is 2.25. The summed E-state index contributed by atoms with van der Waals surface area (Å²) in [6.45, 7) is 7.62. The van der Waals surface area contributed by atoms with Crippen LogP contribution in [0, 0.1) is 5.92 Å². The summed E-state index contributed by atoms with van der Waals surface area (Å²) in [7, 11) is 1.85. The van der Waals surface area contributed by atoms with Crippen molar-refractivity contribution in [2.24, 2.45) is 10.9 Å². The first kappa shape index (κ1) is 24.6. The van der Waals surface area contributed by atoms with Crippen LogP contribution in [-0.4, -0.2) is 44.2 Å². The highest BCUT2D eigenvalue weighted by atomic mass is 127. The molecular formula is C24H34IN3O2. The Bertz CT molecular complexity index is 770. The molecule has 2 aromatic carbocycles. The van der Waals surface area contributed by atoms with Gasteiger partial charge in [0, 0.05) is 39.2 Å². The van der Waals surface area contributed by atoms with Gasteiger partial charge in [-0.2, -0.15) is 0 Å². The van der Waals surface area contributed by atoms with E-state index in [1.165, 1.54) is 16.7 Å². The molecule has 1 unspecified atom stereocenters. The highest BCUT2D eigenvalue weighted by molar-refractivity contribution is 14.0. The zero-order valence-corrected chi connectivity index (χ0v) is 20.4. The second kappa shape index (κ2) is 13.6. The molecule has 1 fully saturated rings. The molecule has 0 aliphatic carbocycles. The molecule has 2 aromatic rings. The largest absolute Gasteiger partial charge is 0.377 e. The van der Waals surface area contributed by atoms with E-state index in [0.29, 0.717) is 19.1 Å². The quantitative estimate of drug-likeness (QED) is 0.300. The first-order chi connectivity index (χ1) is 14.3. The second-order valence-electron chi connectivity index (χ2n) is 7.41. The van der Waals surface area contributed by atoms with Crippen LogP contribution in [0.2, 0.25) is 0 Å². The van der Waals surface area contributed by atoms with Gasteiger partial charge in [-0.15, -0.1) is 24.0 Å². The number of nitrogens with zero attached hydrogens (tertiary/aromatic N) is 2. The average Bonchev–Trinajstić information content (AvgIpc) is 3.23. The predicted molar refractivity (Wildman–Crippen MR) is 133 cm³/mol. The lowest BCUT2D eigenvalue weighted by atomic mass is 10.1. The summed E-state index contributed by atoms with van der Waals surface area (Å²) in [4.78, 5) is 6.83. The number of hydrogen-bond donors (Lipinski definition) is 1. The zero-order valence-electron chi connectivity index (χ0n) is 18.0. The van der Waals surface area contributed by atoms with Crippen LogP contribution >= 0.6 is 24.0 Å². The number of benzene rings is 2. The third kappa shape index (κ3) is 7.56. The summed E-state index contributed by atoms with van der Waals surface area (Å²) in [6.07, 6.45) is 1.14. The average molecular weight is 523 g/mol. The van der Waals surface area contributed by atoms with Gasteiger partial charge in [0.1, 0.15) is 0 Å². The number of nitrogens with one attached hydrogen (secondary N) is 1. The van der Waals surface area contributed by atoms with Gasteiger partial charge in [0.25, 0.3) is 0 Å². The Morgan fingerprint density at radius 1 is 1.03 bits per heavy atom. The highest BCUT2D eigenvalue weighted by Crippen LogP contribution is 2.18. The van der Waals surface area contributed by atoms with Gasteiger partial charge in [-0.3, -0.25) is 4.99 Å². The van der Waals surface area contributed by atoms with E-state index in [0.717, 1.165) is 45.2 Å². The van der Waals surface area contributed by atoms with Crippen molar-refractivity contribution in [3.8, 4) is 0 Å². The van der Waals surface area contributed by atoms with E-state index in [1.807, 2.05) is 20.0 Å². The van der Waals surface area contributed by atoms with Crippen molar-refractivity contribution in [3.05, 3.63) is 71.3 Å². The van der Waals surface area contributed by atoms with Crippen LogP contribution in [0.4, 0.5) is 0 Å². The number of rotatable bonds is 9. The zero-order chi connectivity index (χ0) is 20.3. The maximum atomic E-state index is 5.95. The van der Waals surface area contributed by atoms with E-state index >= 15 is 0 Å². The van der Waals surface area contributed by atoms with Gasteiger partial charge in [-0.1, -0.05) is 54.6 Å².